The second-order valence-corrected chi connectivity index (χ2v) is 5.67. The number of benzene rings is 2. The highest BCUT2D eigenvalue weighted by Gasteiger charge is 2.07. The molecule has 0 saturated carbocycles. The molecular formula is C20H22N2O3. The van der Waals surface area contributed by atoms with Gasteiger partial charge >= 0.3 is 6.09 Å². The fourth-order valence-corrected chi connectivity index (χ4v) is 2.14. The predicted molar refractivity (Wildman–Crippen MR) is 98.1 cm³/mol. The molecule has 2 aromatic carbocycles. The summed E-state index contributed by atoms with van der Waals surface area (Å²) < 4.78 is 5.12. The Labute approximate surface area is 147 Å². The number of carbonyl (C=O) groups is 2. The summed E-state index contributed by atoms with van der Waals surface area (Å²) in [6, 6.07) is 16.8. The van der Waals surface area contributed by atoms with Crippen molar-refractivity contribution in [2.75, 3.05) is 20.6 Å². The second kappa shape index (κ2) is 9.27. The molecule has 2 rings (SSSR count). The summed E-state index contributed by atoms with van der Waals surface area (Å²) in [5.41, 5.74) is 2.46. The van der Waals surface area contributed by atoms with Gasteiger partial charge in [0.05, 0.1) is 0 Å². The van der Waals surface area contributed by atoms with Crippen molar-refractivity contribution >= 4 is 18.1 Å². The predicted octanol–water partition coefficient (Wildman–Crippen LogP) is 3.33. The van der Waals surface area contributed by atoms with Gasteiger partial charge in [0.15, 0.2) is 0 Å². The van der Waals surface area contributed by atoms with Crippen molar-refractivity contribution in [2.45, 2.75) is 6.61 Å². The number of carbonyl (C=O) groups excluding carboxylic acids is 2. The van der Waals surface area contributed by atoms with Gasteiger partial charge in [-0.05, 0) is 23.3 Å². The smallest absolute Gasteiger partial charge is 0.407 e. The third kappa shape index (κ3) is 6.14. The number of ether oxygens (including phenoxy) is 1. The van der Waals surface area contributed by atoms with Crippen molar-refractivity contribution in [3.63, 3.8) is 0 Å². The Morgan fingerprint density at radius 2 is 1.84 bits per heavy atom. The molecule has 0 aromatic heterocycles. The van der Waals surface area contributed by atoms with Gasteiger partial charge in [0.2, 0.25) is 0 Å². The van der Waals surface area contributed by atoms with Crippen LogP contribution in [-0.2, 0) is 11.3 Å². The number of rotatable bonds is 6. The van der Waals surface area contributed by atoms with E-state index in [0.29, 0.717) is 12.1 Å². The van der Waals surface area contributed by atoms with Crippen molar-refractivity contribution in [3.05, 3.63) is 77.4 Å². The normalized spacial score (nSPS) is 10.5. The first-order valence-electron chi connectivity index (χ1n) is 7.99. The highest BCUT2D eigenvalue weighted by Crippen LogP contribution is 2.08. The quantitative estimate of drug-likeness (QED) is 0.879. The Morgan fingerprint density at radius 3 is 2.56 bits per heavy atom. The van der Waals surface area contributed by atoms with Crippen LogP contribution in [0.4, 0.5) is 4.79 Å². The lowest BCUT2D eigenvalue weighted by molar-refractivity contribution is 0.0827. The van der Waals surface area contributed by atoms with Crippen molar-refractivity contribution < 1.29 is 14.3 Å². The van der Waals surface area contributed by atoms with Gasteiger partial charge in [-0.3, -0.25) is 4.79 Å². The number of alkyl carbamates (subject to hydrolysis) is 1. The molecule has 0 heterocycles. The van der Waals surface area contributed by atoms with E-state index in [9.17, 15) is 9.59 Å². The first kappa shape index (κ1) is 18.3. The molecule has 5 heteroatoms. The molecule has 0 atom stereocenters. The number of nitrogens with one attached hydrogen (secondary N) is 1. The van der Waals surface area contributed by atoms with E-state index in [2.05, 4.69) is 5.32 Å². The molecule has 0 radical (unpaired) electrons. The zero-order valence-corrected chi connectivity index (χ0v) is 14.4. The Bertz CT molecular complexity index is 740. The fourth-order valence-electron chi connectivity index (χ4n) is 2.14. The molecule has 0 bridgehead atoms. The van der Waals surface area contributed by atoms with E-state index < -0.39 is 6.09 Å². The summed E-state index contributed by atoms with van der Waals surface area (Å²) in [7, 11) is 3.44. The Kier molecular flexibility index (Phi) is 6.77. The summed E-state index contributed by atoms with van der Waals surface area (Å²) >= 11 is 0. The largest absolute Gasteiger partial charge is 0.445 e. The Hall–Kier alpha value is -3.08. The highest BCUT2D eigenvalue weighted by molar-refractivity contribution is 5.94. The number of nitrogens with zero attached hydrogens (tertiary/aromatic N) is 1. The van der Waals surface area contributed by atoms with Gasteiger partial charge in [0.1, 0.15) is 6.61 Å². The minimum absolute atomic E-state index is 0.0436. The standard InChI is InChI=1S/C20H22N2O3/c1-22(2)19(23)18-12-6-10-16(14-18)11-7-13-21-20(24)25-15-17-8-4-3-5-9-17/h3-12,14H,13,15H2,1-2H3,(H,21,24). The van der Waals surface area contributed by atoms with Crippen molar-refractivity contribution in [1.29, 1.82) is 0 Å². The Balaban J connectivity index is 1.78. The first-order valence-corrected chi connectivity index (χ1v) is 7.99. The van der Waals surface area contributed by atoms with Gasteiger partial charge in [0.25, 0.3) is 5.91 Å². The lowest BCUT2D eigenvalue weighted by Gasteiger charge is -2.10. The molecule has 0 unspecified atom stereocenters. The van der Waals surface area contributed by atoms with Crippen LogP contribution >= 0.6 is 0 Å². The summed E-state index contributed by atoms with van der Waals surface area (Å²) in [6.07, 6.45) is 3.19. The van der Waals surface area contributed by atoms with E-state index in [1.54, 1.807) is 20.2 Å². The van der Waals surface area contributed by atoms with Crippen LogP contribution in [0.3, 0.4) is 0 Å². The number of hydrogen-bond acceptors (Lipinski definition) is 3. The van der Waals surface area contributed by atoms with Crippen LogP contribution in [0, 0.1) is 0 Å². The van der Waals surface area contributed by atoms with E-state index in [1.165, 1.54) is 4.90 Å². The molecule has 130 valence electrons. The minimum Gasteiger partial charge on any atom is -0.445 e. The third-order valence-electron chi connectivity index (χ3n) is 3.43. The molecule has 0 aliphatic heterocycles. The summed E-state index contributed by atoms with van der Waals surface area (Å²) in [5, 5.41) is 2.66. The molecule has 1 N–H and O–H groups in total. The Morgan fingerprint density at radius 1 is 1.08 bits per heavy atom. The summed E-state index contributed by atoms with van der Waals surface area (Å²) in [5.74, 6) is -0.0436. The average molecular weight is 338 g/mol. The van der Waals surface area contributed by atoms with Gasteiger partial charge < -0.3 is 15.0 Å². The molecule has 2 aromatic rings. The van der Waals surface area contributed by atoms with Crippen LogP contribution in [-0.4, -0.2) is 37.5 Å². The minimum atomic E-state index is -0.468. The second-order valence-electron chi connectivity index (χ2n) is 5.67. The van der Waals surface area contributed by atoms with Crippen LogP contribution in [0.1, 0.15) is 21.5 Å². The van der Waals surface area contributed by atoms with E-state index in [4.69, 9.17) is 4.74 Å². The fraction of sp³-hybridized carbons (Fsp3) is 0.200. The number of hydrogen-bond donors (Lipinski definition) is 1. The van der Waals surface area contributed by atoms with Gasteiger partial charge in [-0.1, -0.05) is 54.6 Å². The lowest BCUT2D eigenvalue weighted by atomic mass is 10.1. The van der Waals surface area contributed by atoms with Crippen LogP contribution in [0.15, 0.2) is 60.7 Å². The molecule has 5 nitrogen and oxygen atoms in total. The van der Waals surface area contributed by atoms with Crippen molar-refractivity contribution in [3.8, 4) is 0 Å². The zero-order chi connectivity index (χ0) is 18.1. The molecule has 0 fully saturated rings. The van der Waals surface area contributed by atoms with E-state index >= 15 is 0 Å². The summed E-state index contributed by atoms with van der Waals surface area (Å²) in [6.45, 7) is 0.588. The van der Waals surface area contributed by atoms with Gasteiger partial charge in [0, 0.05) is 26.2 Å². The van der Waals surface area contributed by atoms with Crippen LogP contribution in [0.25, 0.3) is 6.08 Å². The molecule has 0 spiro atoms. The zero-order valence-electron chi connectivity index (χ0n) is 14.4. The molecule has 25 heavy (non-hydrogen) atoms. The van der Waals surface area contributed by atoms with E-state index in [-0.39, 0.29) is 12.5 Å². The van der Waals surface area contributed by atoms with Crippen LogP contribution in [0.2, 0.25) is 0 Å². The van der Waals surface area contributed by atoms with Crippen molar-refractivity contribution in [2.24, 2.45) is 0 Å². The van der Waals surface area contributed by atoms with E-state index in [0.717, 1.165) is 11.1 Å². The number of amides is 2. The molecule has 0 aliphatic carbocycles. The molecule has 0 aliphatic rings. The molecule has 2 amide bonds. The first-order chi connectivity index (χ1) is 12.1. The van der Waals surface area contributed by atoms with Gasteiger partial charge in [-0.15, -0.1) is 0 Å². The van der Waals surface area contributed by atoms with Crippen LogP contribution < -0.4 is 5.32 Å². The summed E-state index contributed by atoms with van der Waals surface area (Å²) in [4.78, 5) is 25.1. The van der Waals surface area contributed by atoms with Gasteiger partial charge in [-0.25, -0.2) is 4.79 Å². The lowest BCUT2D eigenvalue weighted by Crippen LogP contribution is -2.24. The van der Waals surface area contributed by atoms with E-state index in [1.807, 2.05) is 60.7 Å². The maximum absolute atomic E-state index is 11.9. The monoisotopic (exact) mass is 338 g/mol. The molecule has 0 saturated heterocycles. The third-order valence-corrected chi connectivity index (χ3v) is 3.43. The van der Waals surface area contributed by atoms with Gasteiger partial charge in [-0.2, -0.15) is 0 Å². The topological polar surface area (TPSA) is 58.6 Å². The van der Waals surface area contributed by atoms with Crippen molar-refractivity contribution in [1.82, 2.24) is 10.2 Å². The van der Waals surface area contributed by atoms with Crippen LogP contribution in [0.5, 0.6) is 0 Å². The maximum Gasteiger partial charge on any atom is 0.407 e. The molecular weight excluding hydrogens is 316 g/mol. The SMILES string of the molecule is CN(C)C(=O)c1cccc(C=CCNC(=O)OCc2ccccc2)c1. The maximum atomic E-state index is 11.9. The average Bonchev–Trinajstić information content (AvgIpc) is 2.64. The highest BCUT2D eigenvalue weighted by atomic mass is 16.5.